The molecule has 1 aromatic heterocycles. The topological polar surface area (TPSA) is 54.5 Å². The van der Waals surface area contributed by atoms with Crippen molar-refractivity contribution < 1.29 is 9.53 Å². The minimum Gasteiger partial charge on any atom is -0.491 e. The molecule has 2 heterocycles. The highest BCUT2D eigenvalue weighted by molar-refractivity contribution is 7.15. The fraction of sp³-hybridized carbons (Fsp3) is 0.412. The van der Waals surface area contributed by atoms with Gasteiger partial charge >= 0.3 is 0 Å². The number of nitrogens with one attached hydrogen (secondary N) is 1. The first-order valence-electron chi connectivity index (χ1n) is 8.14. The van der Waals surface area contributed by atoms with Crippen LogP contribution in [0.3, 0.4) is 0 Å². The van der Waals surface area contributed by atoms with Gasteiger partial charge in [-0.2, -0.15) is 0 Å². The molecule has 25 heavy (non-hydrogen) atoms. The average molecular weight is 400 g/mol. The van der Waals surface area contributed by atoms with E-state index in [-0.39, 0.29) is 18.9 Å². The monoisotopic (exact) mass is 399 g/mol. The number of nitrogens with zero attached hydrogens (tertiary/aromatic N) is 2. The lowest BCUT2D eigenvalue weighted by atomic mass is 10.2. The third-order valence-electron chi connectivity index (χ3n) is 4.01. The van der Waals surface area contributed by atoms with Crippen molar-refractivity contribution >= 4 is 45.6 Å². The van der Waals surface area contributed by atoms with Crippen LogP contribution in [0, 0.1) is 0 Å². The van der Waals surface area contributed by atoms with Gasteiger partial charge in [0.1, 0.15) is 10.8 Å². The number of thiazole rings is 1. The molecule has 0 atom stereocenters. The van der Waals surface area contributed by atoms with E-state index in [1.54, 1.807) is 29.5 Å². The second-order valence-electron chi connectivity index (χ2n) is 5.71. The van der Waals surface area contributed by atoms with Crippen LogP contribution in [0.25, 0.3) is 0 Å². The summed E-state index contributed by atoms with van der Waals surface area (Å²) in [5.74, 6) is 0.350. The summed E-state index contributed by atoms with van der Waals surface area (Å²) in [6.07, 6.45) is 1.15. The largest absolute Gasteiger partial charge is 0.491 e. The molecule has 0 fully saturated rings. The lowest BCUT2D eigenvalue weighted by Gasteiger charge is -2.23. The van der Waals surface area contributed by atoms with Crippen molar-refractivity contribution in [2.24, 2.45) is 0 Å². The molecule has 0 spiro atoms. The Balaban J connectivity index is 1.50. The number of carbonyl (C=O) groups excluding carboxylic acids is 1. The van der Waals surface area contributed by atoms with E-state index in [1.807, 2.05) is 0 Å². The molecule has 8 heteroatoms. The molecule has 1 amide bonds. The Morgan fingerprint density at radius 3 is 3.08 bits per heavy atom. The zero-order chi connectivity index (χ0) is 17.8. The van der Waals surface area contributed by atoms with Crippen molar-refractivity contribution in [2.45, 2.75) is 26.3 Å². The standard InChI is InChI=1S/C17H19Cl2N3O2S/c1-2-22-8-6-12-14(10-22)25-17(20-12)21-15(23)7-9-24-13-5-3-4-11(18)16(13)19/h3-5H,2,6-10H2,1H3,(H,20,21,23). The molecule has 1 N–H and O–H groups in total. The zero-order valence-electron chi connectivity index (χ0n) is 13.8. The average Bonchev–Trinajstić information content (AvgIpc) is 2.99. The second-order valence-corrected chi connectivity index (χ2v) is 7.58. The molecule has 0 saturated heterocycles. The summed E-state index contributed by atoms with van der Waals surface area (Å²) in [7, 11) is 0. The minimum atomic E-state index is -0.128. The van der Waals surface area contributed by atoms with Gasteiger partial charge in [0.25, 0.3) is 0 Å². The van der Waals surface area contributed by atoms with Gasteiger partial charge in [0.15, 0.2) is 5.13 Å². The number of likely N-dealkylation sites (N-methyl/N-ethyl adjacent to an activating group) is 1. The maximum Gasteiger partial charge on any atom is 0.229 e. The predicted octanol–water partition coefficient (Wildman–Crippen LogP) is 4.24. The second kappa shape index (κ2) is 8.36. The first-order chi connectivity index (χ1) is 12.1. The van der Waals surface area contributed by atoms with Gasteiger partial charge in [-0.25, -0.2) is 4.98 Å². The van der Waals surface area contributed by atoms with Gasteiger partial charge in [-0.15, -0.1) is 11.3 Å². The number of hydrogen-bond acceptors (Lipinski definition) is 5. The van der Waals surface area contributed by atoms with Crippen LogP contribution in [0.1, 0.15) is 23.9 Å². The van der Waals surface area contributed by atoms with E-state index in [2.05, 4.69) is 22.1 Å². The van der Waals surface area contributed by atoms with Gasteiger partial charge in [-0.3, -0.25) is 9.69 Å². The molecular formula is C17H19Cl2N3O2S. The van der Waals surface area contributed by atoms with Crippen molar-refractivity contribution in [3.63, 3.8) is 0 Å². The number of aromatic nitrogens is 1. The van der Waals surface area contributed by atoms with E-state index in [4.69, 9.17) is 27.9 Å². The van der Waals surface area contributed by atoms with E-state index in [1.165, 1.54) is 4.88 Å². The Hall–Kier alpha value is -1.34. The van der Waals surface area contributed by atoms with Gasteiger partial charge in [0.2, 0.25) is 5.91 Å². The van der Waals surface area contributed by atoms with E-state index >= 15 is 0 Å². The lowest BCUT2D eigenvalue weighted by molar-refractivity contribution is -0.116. The molecule has 0 bridgehead atoms. The molecule has 0 aliphatic carbocycles. The summed E-state index contributed by atoms with van der Waals surface area (Å²) in [5, 5.41) is 4.30. The summed E-state index contributed by atoms with van der Waals surface area (Å²) in [6.45, 7) is 5.34. The lowest BCUT2D eigenvalue weighted by Crippen LogP contribution is -2.29. The molecule has 2 aromatic rings. The first kappa shape index (κ1) is 18.5. The Kier molecular flexibility index (Phi) is 6.17. The number of amides is 1. The maximum atomic E-state index is 12.1. The number of benzene rings is 1. The SMILES string of the molecule is CCN1CCc2nc(NC(=O)CCOc3cccc(Cl)c3Cl)sc2C1. The van der Waals surface area contributed by atoms with Crippen LogP contribution < -0.4 is 10.1 Å². The molecular weight excluding hydrogens is 381 g/mol. The summed E-state index contributed by atoms with van der Waals surface area (Å²) in [5.41, 5.74) is 1.10. The fourth-order valence-electron chi connectivity index (χ4n) is 2.60. The highest BCUT2D eigenvalue weighted by Crippen LogP contribution is 2.31. The van der Waals surface area contributed by atoms with Gasteiger partial charge < -0.3 is 10.1 Å². The molecule has 3 rings (SSSR count). The van der Waals surface area contributed by atoms with E-state index in [0.717, 1.165) is 31.7 Å². The Morgan fingerprint density at radius 1 is 1.44 bits per heavy atom. The van der Waals surface area contributed by atoms with E-state index in [9.17, 15) is 4.79 Å². The van der Waals surface area contributed by atoms with Crippen LogP contribution in [0.15, 0.2) is 18.2 Å². The van der Waals surface area contributed by atoms with Gasteiger partial charge in [0.05, 0.1) is 23.7 Å². The summed E-state index contributed by atoms with van der Waals surface area (Å²) < 4.78 is 5.53. The van der Waals surface area contributed by atoms with Crippen molar-refractivity contribution in [3.05, 3.63) is 38.8 Å². The number of fused-ring (bicyclic) bond motifs is 1. The minimum absolute atomic E-state index is 0.128. The smallest absolute Gasteiger partial charge is 0.229 e. The summed E-state index contributed by atoms with van der Waals surface area (Å²) in [6, 6.07) is 5.16. The summed E-state index contributed by atoms with van der Waals surface area (Å²) >= 11 is 13.5. The number of anilines is 1. The maximum absolute atomic E-state index is 12.1. The normalized spacial score (nSPS) is 14.2. The van der Waals surface area contributed by atoms with E-state index < -0.39 is 0 Å². The molecule has 1 aliphatic rings. The van der Waals surface area contributed by atoms with Crippen LogP contribution in [0.5, 0.6) is 5.75 Å². The van der Waals surface area contributed by atoms with Gasteiger partial charge in [-0.1, -0.05) is 36.2 Å². The van der Waals surface area contributed by atoms with Crippen LogP contribution >= 0.6 is 34.5 Å². The predicted molar refractivity (Wildman–Crippen MR) is 102 cm³/mol. The molecule has 0 radical (unpaired) electrons. The number of rotatable bonds is 6. The van der Waals surface area contributed by atoms with Crippen LogP contribution in [-0.4, -0.2) is 35.5 Å². The van der Waals surface area contributed by atoms with Crippen molar-refractivity contribution in [1.29, 1.82) is 0 Å². The van der Waals surface area contributed by atoms with Crippen LogP contribution in [-0.2, 0) is 17.8 Å². The van der Waals surface area contributed by atoms with Crippen molar-refractivity contribution in [1.82, 2.24) is 9.88 Å². The first-order valence-corrected chi connectivity index (χ1v) is 9.71. The highest BCUT2D eigenvalue weighted by atomic mass is 35.5. The van der Waals surface area contributed by atoms with Crippen LogP contribution in [0.2, 0.25) is 10.0 Å². The number of carbonyl (C=O) groups is 1. The quantitative estimate of drug-likeness (QED) is 0.788. The van der Waals surface area contributed by atoms with Crippen LogP contribution in [0.4, 0.5) is 5.13 Å². The summed E-state index contributed by atoms with van der Waals surface area (Å²) in [4.78, 5) is 20.2. The van der Waals surface area contributed by atoms with Gasteiger partial charge in [0, 0.05) is 24.4 Å². The Morgan fingerprint density at radius 2 is 2.28 bits per heavy atom. The number of hydrogen-bond donors (Lipinski definition) is 1. The van der Waals surface area contributed by atoms with Crippen molar-refractivity contribution in [3.8, 4) is 5.75 Å². The Bertz CT molecular complexity index is 766. The van der Waals surface area contributed by atoms with Gasteiger partial charge in [-0.05, 0) is 18.7 Å². The molecule has 0 saturated carbocycles. The molecule has 0 unspecified atom stereocenters. The third kappa shape index (κ3) is 4.64. The van der Waals surface area contributed by atoms with Crippen molar-refractivity contribution in [2.75, 3.05) is 25.0 Å². The fourth-order valence-corrected chi connectivity index (χ4v) is 4.02. The molecule has 5 nitrogen and oxygen atoms in total. The van der Waals surface area contributed by atoms with E-state index in [0.29, 0.717) is 20.9 Å². The molecule has 134 valence electrons. The Labute approximate surface area is 160 Å². The number of ether oxygens (including phenoxy) is 1. The zero-order valence-corrected chi connectivity index (χ0v) is 16.2. The third-order valence-corrected chi connectivity index (χ3v) is 5.81. The number of halogens is 2. The highest BCUT2D eigenvalue weighted by Gasteiger charge is 2.20. The molecule has 1 aliphatic heterocycles. The molecule has 1 aromatic carbocycles.